The first-order valence-corrected chi connectivity index (χ1v) is 5.64. The van der Waals surface area contributed by atoms with Crippen LogP contribution in [0.2, 0.25) is 0 Å². The minimum Gasteiger partial charge on any atom is -0.462 e. The molecule has 2 nitrogen and oxygen atoms in total. The number of para-hydroxylation sites is 1. The minimum atomic E-state index is -0.375. The van der Waals surface area contributed by atoms with Gasteiger partial charge in [-0.15, -0.1) is 0 Å². The van der Waals surface area contributed by atoms with Crippen LogP contribution in [0.15, 0.2) is 30.3 Å². The van der Waals surface area contributed by atoms with Crippen LogP contribution in [-0.4, -0.2) is 12.9 Å². The summed E-state index contributed by atoms with van der Waals surface area (Å²) in [6.07, 6.45) is 5.68. The van der Waals surface area contributed by atoms with E-state index in [9.17, 15) is 0 Å². The van der Waals surface area contributed by atoms with Gasteiger partial charge in [0.25, 0.3) is 0 Å². The van der Waals surface area contributed by atoms with Gasteiger partial charge in [0.1, 0.15) is 5.75 Å². The van der Waals surface area contributed by atoms with Crippen molar-refractivity contribution in [3.8, 4) is 5.75 Å². The molecule has 2 rings (SSSR count). The predicted molar refractivity (Wildman–Crippen MR) is 59.9 cm³/mol. The van der Waals surface area contributed by atoms with E-state index in [0.717, 1.165) is 18.6 Å². The second kappa shape index (κ2) is 4.67. The lowest BCUT2D eigenvalue weighted by Gasteiger charge is -2.36. The van der Waals surface area contributed by atoms with Crippen LogP contribution in [-0.2, 0) is 4.74 Å². The molecule has 0 atom stereocenters. The van der Waals surface area contributed by atoms with E-state index >= 15 is 0 Å². The number of rotatable bonds is 3. The van der Waals surface area contributed by atoms with Gasteiger partial charge in [0.05, 0.1) is 0 Å². The van der Waals surface area contributed by atoms with E-state index in [1.54, 1.807) is 7.11 Å². The summed E-state index contributed by atoms with van der Waals surface area (Å²) >= 11 is 0. The molecule has 1 saturated carbocycles. The highest BCUT2D eigenvalue weighted by Crippen LogP contribution is 2.33. The lowest BCUT2D eigenvalue weighted by atomic mass is 9.94. The van der Waals surface area contributed by atoms with E-state index in [-0.39, 0.29) is 5.79 Å². The van der Waals surface area contributed by atoms with E-state index < -0.39 is 0 Å². The average molecular weight is 206 g/mol. The van der Waals surface area contributed by atoms with Gasteiger partial charge < -0.3 is 9.47 Å². The van der Waals surface area contributed by atoms with E-state index in [1.807, 2.05) is 30.3 Å². The lowest BCUT2D eigenvalue weighted by Crippen LogP contribution is -2.40. The molecule has 1 aromatic rings. The van der Waals surface area contributed by atoms with Gasteiger partial charge in [0.2, 0.25) is 5.79 Å². The zero-order valence-electron chi connectivity index (χ0n) is 9.24. The van der Waals surface area contributed by atoms with Crippen molar-refractivity contribution >= 4 is 0 Å². The molecule has 82 valence electrons. The third-order valence-electron chi connectivity index (χ3n) is 3.03. The molecular formula is C13H18O2. The largest absolute Gasteiger partial charge is 0.462 e. The molecule has 1 aliphatic carbocycles. The molecule has 0 aliphatic heterocycles. The van der Waals surface area contributed by atoms with Gasteiger partial charge in [-0.25, -0.2) is 0 Å². The fraction of sp³-hybridized carbons (Fsp3) is 0.538. The van der Waals surface area contributed by atoms with Gasteiger partial charge in [-0.05, 0) is 25.0 Å². The molecule has 15 heavy (non-hydrogen) atoms. The van der Waals surface area contributed by atoms with Crippen molar-refractivity contribution in [3.63, 3.8) is 0 Å². The van der Waals surface area contributed by atoms with E-state index in [1.165, 1.54) is 19.3 Å². The van der Waals surface area contributed by atoms with E-state index in [2.05, 4.69) is 0 Å². The SMILES string of the molecule is COC1(Oc2ccccc2)CCCCC1. The molecule has 0 radical (unpaired) electrons. The molecule has 0 saturated heterocycles. The Balaban J connectivity index is 2.07. The van der Waals surface area contributed by atoms with Gasteiger partial charge in [-0.2, -0.15) is 0 Å². The maximum absolute atomic E-state index is 5.97. The van der Waals surface area contributed by atoms with Crippen LogP contribution in [0.1, 0.15) is 32.1 Å². The molecule has 0 aromatic heterocycles. The third-order valence-corrected chi connectivity index (χ3v) is 3.03. The zero-order valence-corrected chi connectivity index (χ0v) is 9.24. The van der Waals surface area contributed by atoms with Crippen molar-refractivity contribution < 1.29 is 9.47 Å². The highest BCUT2D eigenvalue weighted by molar-refractivity contribution is 5.21. The Kier molecular flexibility index (Phi) is 3.27. The molecule has 0 N–H and O–H groups in total. The van der Waals surface area contributed by atoms with E-state index in [4.69, 9.17) is 9.47 Å². The summed E-state index contributed by atoms with van der Waals surface area (Å²) in [7, 11) is 1.74. The Morgan fingerprint density at radius 2 is 1.67 bits per heavy atom. The van der Waals surface area contributed by atoms with Crippen molar-refractivity contribution in [1.29, 1.82) is 0 Å². The molecule has 2 heteroatoms. The van der Waals surface area contributed by atoms with Crippen molar-refractivity contribution in [1.82, 2.24) is 0 Å². The number of hydrogen-bond acceptors (Lipinski definition) is 2. The molecule has 0 heterocycles. The first-order valence-electron chi connectivity index (χ1n) is 5.64. The summed E-state index contributed by atoms with van der Waals surface area (Å²) in [5.74, 6) is 0.529. The van der Waals surface area contributed by atoms with Gasteiger partial charge in [0, 0.05) is 20.0 Å². The maximum Gasteiger partial charge on any atom is 0.210 e. The third kappa shape index (κ3) is 2.51. The Morgan fingerprint density at radius 3 is 2.27 bits per heavy atom. The van der Waals surface area contributed by atoms with Crippen LogP contribution < -0.4 is 4.74 Å². The molecule has 1 aromatic carbocycles. The number of methoxy groups -OCH3 is 1. The molecule has 0 unspecified atom stereocenters. The van der Waals surface area contributed by atoms with Crippen LogP contribution in [0.4, 0.5) is 0 Å². The summed E-state index contributed by atoms with van der Waals surface area (Å²) in [5.41, 5.74) is 0. The molecule has 0 spiro atoms. The van der Waals surface area contributed by atoms with Crippen molar-refractivity contribution in [2.45, 2.75) is 37.9 Å². The fourth-order valence-electron chi connectivity index (χ4n) is 2.14. The summed E-state index contributed by atoms with van der Waals surface area (Å²) in [4.78, 5) is 0. The Labute approximate surface area is 91.2 Å². The van der Waals surface area contributed by atoms with Crippen molar-refractivity contribution in [2.75, 3.05) is 7.11 Å². The van der Waals surface area contributed by atoms with Crippen LogP contribution in [0, 0.1) is 0 Å². The summed E-state index contributed by atoms with van der Waals surface area (Å²) in [6.45, 7) is 0. The lowest BCUT2D eigenvalue weighted by molar-refractivity contribution is -0.182. The first kappa shape index (κ1) is 10.5. The zero-order chi connectivity index (χ0) is 10.6. The normalized spacial score (nSPS) is 19.8. The van der Waals surface area contributed by atoms with Gasteiger partial charge in [0.15, 0.2) is 0 Å². The highest BCUT2D eigenvalue weighted by Gasteiger charge is 2.33. The standard InChI is InChI=1S/C13H18O2/c1-14-13(10-6-3-7-11-13)15-12-8-4-2-5-9-12/h2,4-5,8-9H,3,6-7,10-11H2,1H3. The fourth-order valence-corrected chi connectivity index (χ4v) is 2.14. The predicted octanol–water partition coefficient (Wildman–Crippen LogP) is 3.37. The summed E-state index contributed by atoms with van der Waals surface area (Å²) < 4.78 is 11.5. The Morgan fingerprint density at radius 1 is 1.00 bits per heavy atom. The Bertz CT molecular complexity index is 289. The quantitative estimate of drug-likeness (QED) is 0.706. The summed E-state index contributed by atoms with van der Waals surface area (Å²) in [5, 5.41) is 0. The van der Waals surface area contributed by atoms with Gasteiger partial charge in [-0.1, -0.05) is 24.6 Å². The highest BCUT2D eigenvalue weighted by atomic mass is 16.7. The Hall–Kier alpha value is -1.02. The number of benzene rings is 1. The molecule has 0 bridgehead atoms. The number of ether oxygens (including phenoxy) is 2. The van der Waals surface area contributed by atoms with Crippen LogP contribution in [0.5, 0.6) is 5.75 Å². The van der Waals surface area contributed by atoms with Crippen molar-refractivity contribution in [3.05, 3.63) is 30.3 Å². The minimum absolute atomic E-state index is 0.375. The maximum atomic E-state index is 5.97. The molecular weight excluding hydrogens is 188 g/mol. The molecule has 1 fully saturated rings. The van der Waals surface area contributed by atoms with Gasteiger partial charge in [-0.3, -0.25) is 0 Å². The summed E-state index contributed by atoms with van der Waals surface area (Å²) in [6, 6.07) is 9.93. The van der Waals surface area contributed by atoms with Crippen LogP contribution >= 0.6 is 0 Å². The average Bonchev–Trinajstić information content (AvgIpc) is 2.32. The van der Waals surface area contributed by atoms with Crippen LogP contribution in [0.3, 0.4) is 0 Å². The first-order chi connectivity index (χ1) is 7.35. The second-order valence-corrected chi connectivity index (χ2v) is 4.09. The van der Waals surface area contributed by atoms with Crippen molar-refractivity contribution in [2.24, 2.45) is 0 Å². The molecule has 0 amide bonds. The van der Waals surface area contributed by atoms with E-state index in [0.29, 0.717) is 0 Å². The number of hydrogen-bond donors (Lipinski definition) is 0. The van der Waals surface area contributed by atoms with Crippen LogP contribution in [0.25, 0.3) is 0 Å². The molecule has 1 aliphatic rings. The topological polar surface area (TPSA) is 18.5 Å². The monoisotopic (exact) mass is 206 g/mol. The van der Waals surface area contributed by atoms with Gasteiger partial charge >= 0.3 is 0 Å². The smallest absolute Gasteiger partial charge is 0.210 e. The second-order valence-electron chi connectivity index (χ2n) is 4.09.